The van der Waals surface area contributed by atoms with Gasteiger partial charge in [-0.15, -0.1) is 0 Å². The second-order valence-corrected chi connectivity index (χ2v) is 5.67. The lowest BCUT2D eigenvalue weighted by Gasteiger charge is -1.98. The molecule has 0 heterocycles. The summed E-state index contributed by atoms with van der Waals surface area (Å²) in [6.45, 7) is 4.09. The highest BCUT2D eigenvalue weighted by Crippen LogP contribution is 2.26. The summed E-state index contributed by atoms with van der Waals surface area (Å²) >= 11 is 0. The number of esters is 2. The Labute approximate surface area is 173 Å². The molecule has 0 aliphatic rings. The predicted octanol–water partition coefficient (Wildman–Crippen LogP) is 3.35. The molecule has 0 bridgehead atoms. The fourth-order valence-corrected chi connectivity index (χ4v) is 2.00. The second kappa shape index (κ2) is 12.5. The van der Waals surface area contributed by atoms with Crippen molar-refractivity contribution in [3.8, 4) is 23.0 Å². The quantitative estimate of drug-likeness (QED) is 0.320. The van der Waals surface area contributed by atoms with E-state index in [2.05, 4.69) is 9.47 Å². The van der Waals surface area contributed by atoms with E-state index < -0.39 is 11.9 Å². The normalized spacial score (nSPS) is 10.5. The number of carbonyl (C=O) groups excluding carboxylic acids is 2. The van der Waals surface area contributed by atoms with Gasteiger partial charge < -0.3 is 29.9 Å². The van der Waals surface area contributed by atoms with Gasteiger partial charge in [0.05, 0.1) is 13.2 Å². The van der Waals surface area contributed by atoms with Gasteiger partial charge in [0, 0.05) is 12.2 Å². The number of benzene rings is 2. The molecule has 2 aromatic carbocycles. The van der Waals surface area contributed by atoms with Crippen molar-refractivity contribution in [2.45, 2.75) is 13.8 Å². The van der Waals surface area contributed by atoms with Gasteiger partial charge in [-0.05, 0) is 61.4 Å². The Bertz CT molecular complexity index is 840. The van der Waals surface area contributed by atoms with Crippen LogP contribution < -0.4 is 0 Å². The maximum atomic E-state index is 10.9. The fraction of sp³-hybridized carbons (Fsp3) is 0.182. The number of aromatic hydroxyl groups is 4. The monoisotopic (exact) mass is 416 g/mol. The van der Waals surface area contributed by atoms with Crippen LogP contribution in [0.1, 0.15) is 25.0 Å². The molecule has 0 aromatic heterocycles. The van der Waals surface area contributed by atoms with Crippen LogP contribution in [0.4, 0.5) is 0 Å². The lowest BCUT2D eigenvalue weighted by molar-refractivity contribution is -0.138. The van der Waals surface area contributed by atoms with Crippen molar-refractivity contribution in [3.63, 3.8) is 0 Å². The first-order valence-electron chi connectivity index (χ1n) is 9.00. The molecule has 8 heteroatoms. The smallest absolute Gasteiger partial charge is 0.330 e. The molecule has 0 saturated heterocycles. The van der Waals surface area contributed by atoms with Crippen LogP contribution in [0.3, 0.4) is 0 Å². The standard InChI is InChI=1S/2C11H12O4/c2*1-2-15-11(14)6-4-8-3-5-9(12)10(13)7-8/h2*3-7,12-13H,2H2,1H3/b2*6-4+. The zero-order chi connectivity index (χ0) is 22.5. The zero-order valence-electron chi connectivity index (χ0n) is 16.6. The number of hydrogen-bond acceptors (Lipinski definition) is 8. The largest absolute Gasteiger partial charge is 0.504 e. The van der Waals surface area contributed by atoms with Gasteiger partial charge in [-0.1, -0.05) is 12.1 Å². The average Bonchev–Trinajstić information content (AvgIpc) is 2.71. The molecule has 0 aliphatic heterocycles. The summed E-state index contributed by atoms with van der Waals surface area (Å²) in [6.07, 6.45) is 5.51. The fourth-order valence-electron chi connectivity index (χ4n) is 2.00. The predicted molar refractivity (Wildman–Crippen MR) is 111 cm³/mol. The zero-order valence-corrected chi connectivity index (χ0v) is 16.6. The number of carbonyl (C=O) groups is 2. The highest BCUT2D eigenvalue weighted by atomic mass is 16.5. The minimum Gasteiger partial charge on any atom is -0.504 e. The van der Waals surface area contributed by atoms with Crippen molar-refractivity contribution in [3.05, 3.63) is 59.7 Å². The van der Waals surface area contributed by atoms with Crippen molar-refractivity contribution in [1.29, 1.82) is 0 Å². The maximum Gasteiger partial charge on any atom is 0.330 e. The Hall–Kier alpha value is -3.94. The van der Waals surface area contributed by atoms with E-state index in [1.807, 2.05) is 0 Å². The Kier molecular flexibility index (Phi) is 10.0. The highest BCUT2D eigenvalue weighted by Gasteiger charge is 2.00. The van der Waals surface area contributed by atoms with Crippen LogP contribution in [0.15, 0.2) is 48.6 Å². The van der Waals surface area contributed by atoms with Crippen molar-refractivity contribution in [2.24, 2.45) is 0 Å². The van der Waals surface area contributed by atoms with E-state index in [1.54, 1.807) is 26.0 Å². The lowest BCUT2D eigenvalue weighted by Crippen LogP contribution is -1.98. The van der Waals surface area contributed by atoms with E-state index >= 15 is 0 Å². The molecule has 0 aliphatic carbocycles. The highest BCUT2D eigenvalue weighted by molar-refractivity contribution is 5.87. The average molecular weight is 416 g/mol. The van der Waals surface area contributed by atoms with Gasteiger partial charge in [-0.3, -0.25) is 0 Å². The lowest BCUT2D eigenvalue weighted by atomic mass is 10.2. The molecule has 0 amide bonds. The van der Waals surface area contributed by atoms with E-state index in [0.717, 1.165) is 0 Å². The summed E-state index contributed by atoms with van der Waals surface area (Å²) in [4.78, 5) is 21.9. The first-order chi connectivity index (χ1) is 14.3. The van der Waals surface area contributed by atoms with E-state index in [4.69, 9.17) is 20.4 Å². The van der Waals surface area contributed by atoms with E-state index in [-0.39, 0.29) is 23.0 Å². The number of phenolic OH excluding ortho intramolecular Hbond substituents is 4. The van der Waals surface area contributed by atoms with Crippen LogP contribution in [0.2, 0.25) is 0 Å². The van der Waals surface area contributed by atoms with E-state index in [1.165, 1.54) is 48.6 Å². The van der Waals surface area contributed by atoms with Gasteiger partial charge in [0.15, 0.2) is 23.0 Å². The van der Waals surface area contributed by atoms with Gasteiger partial charge >= 0.3 is 11.9 Å². The van der Waals surface area contributed by atoms with Crippen LogP contribution >= 0.6 is 0 Å². The molecule has 2 aromatic rings. The Morgan fingerprint density at radius 2 is 1.07 bits per heavy atom. The number of ether oxygens (including phenoxy) is 2. The topological polar surface area (TPSA) is 134 Å². The van der Waals surface area contributed by atoms with Crippen molar-refractivity contribution in [1.82, 2.24) is 0 Å². The molecule has 0 fully saturated rings. The minimum atomic E-state index is -0.440. The summed E-state index contributed by atoms with van der Waals surface area (Å²) < 4.78 is 9.36. The van der Waals surface area contributed by atoms with Gasteiger partial charge in [0.1, 0.15) is 0 Å². The van der Waals surface area contributed by atoms with Crippen LogP contribution in [0.25, 0.3) is 12.2 Å². The van der Waals surface area contributed by atoms with Crippen LogP contribution in [-0.4, -0.2) is 45.6 Å². The molecule has 0 unspecified atom stereocenters. The second-order valence-electron chi connectivity index (χ2n) is 5.67. The summed E-state index contributed by atoms with van der Waals surface area (Å²) in [5, 5.41) is 36.4. The summed E-state index contributed by atoms with van der Waals surface area (Å²) in [7, 11) is 0. The third-order valence-electron chi connectivity index (χ3n) is 3.40. The maximum absolute atomic E-state index is 10.9. The summed E-state index contributed by atoms with van der Waals surface area (Å²) in [6, 6.07) is 8.55. The summed E-state index contributed by atoms with van der Waals surface area (Å²) in [5.41, 5.74) is 1.22. The molecule has 2 rings (SSSR count). The van der Waals surface area contributed by atoms with Gasteiger partial charge in [0.2, 0.25) is 0 Å². The molecule has 4 N–H and O–H groups in total. The molecule has 0 atom stereocenters. The number of hydrogen-bond donors (Lipinski definition) is 4. The number of phenols is 4. The molecule has 0 spiro atoms. The van der Waals surface area contributed by atoms with E-state index in [9.17, 15) is 9.59 Å². The Balaban J connectivity index is 0.000000300. The van der Waals surface area contributed by atoms with Crippen LogP contribution in [-0.2, 0) is 19.1 Å². The van der Waals surface area contributed by atoms with Gasteiger partial charge in [-0.25, -0.2) is 9.59 Å². The van der Waals surface area contributed by atoms with Gasteiger partial charge in [0.25, 0.3) is 0 Å². The first kappa shape index (κ1) is 24.1. The first-order valence-corrected chi connectivity index (χ1v) is 9.00. The van der Waals surface area contributed by atoms with Gasteiger partial charge in [-0.2, -0.15) is 0 Å². The summed E-state index contributed by atoms with van der Waals surface area (Å²) in [5.74, 6) is -1.70. The molecule has 0 radical (unpaired) electrons. The molecule has 160 valence electrons. The number of rotatable bonds is 6. The minimum absolute atomic E-state index is 0.191. The van der Waals surface area contributed by atoms with Crippen molar-refractivity contribution < 1.29 is 39.5 Å². The third kappa shape index (κ3) is 8.83. The molecule has 30 heavy (non-hydrogen) atoms. The Morgan fingerprint density at radius 1 is 0.700 bits per heavy atom. The third-order valence-corrected chi connectivity index (χ3v) is 3.40. The molecular weight excluding hydrogens is 392 g/mol. The Morgan fingerprint density at radius 3 is 1.37 bits per heavy atom. The van der Waals surface area contributed by atoms with E-state index in [0.29, 0.717) is 24.3 Å². The van der Waals surface area contributed by atoms with Crippen molar-refractivity contribution >= 4 is 24.1 Å². The molecular formula is C22H24O8. The van der Waals surface area contributed by atoms with Crippen molar-refractivity contribution in [2.75, 3.05) is 13.2 Å². The van der Waals surface area contributed by atoms with Crippen LogP contribution in [0.5, 0.6) is 23.0 Å². The SMILES string of the molecule is CCOC(=O)/C=C/c1ccc(O)c(O)c1.CCOC(=O)/C=C/c1ccc(O)c(O)c1. The molecule has 8 nitrogen and oxygen atoms in total. The van der Waals surface area contributed by atoms with Crippen LogP contribution in [0, 0.1) is 0 Å². The molecule has 0 saturated carbocycles.